The van der Waals surface area contributed by atoms with E-state index in [2.05, 4.69) is 39.0 Å². The maximum Gasteiger partial charge on any atom is 0.137 e. The molecular weight excluding hydrogens is 220 g/mol. The number of hydrogen-bond acceptors (Lipinski definition) is 1. The molecule has 1 nitrogen and oxygen atoms in total. The van der Waals surface area contributed by atoms with Crippen molar-refractivity contribution in [3.63, 3.8) is 0 Å². The molecule has 1 aliphatic carbocycles. The number of ketones is 1. The minimum atomic E-state index is 0.0769. The van der Waals surface area contributed by atoms with Crippen LogP contribution in [0.25, 0.3) is 0 Å². The van der Waals surface area contributed by atoms with E-state index in [-0.39, 0.29) is 11.7 Å². The van der Waals surface area contributed by atoms with Crippen LogP contribution in [0.15, 0.2) is 34.9 Å². The summed E-state index contributed by atoms with van der Waals surface area (Å²) in [5.41, 5.74) is 4.10. The zero-order valence-electron chi connectivity index (χ0n) is 12.3. The van der Waals surface area contributed by atoms with E-state index in [9.17, 15) is 4.79 Å². The van der Waals surface area contributed by atoms with E-state index >= 15 is 0 Å². The lowest BCUT2D eigenvalue weighted by Crippen LogP contribution is -2.11. The molecule has 0 amide bonds. The summed E-state index contributed by atoms with van der Waals surface area (Å²) >= 11 is 0. The number of rotatable bonds is 1. The highest BCUT2D eigenvalue weighted by atomic mass is 16.1. The third-order valence-electron chi connectivity index (χ3n) is 3.79. The van der Waals surface area contributed by atoms with Crippen LogP contribution in [-0.4, -0.2) is 5.78 Å². The lowest BCUT2D eigenvalue weighted by molar-refractivity contribution is -0.119. The van der Waals surface area contributed by atoms with Gasteiger partial charge in [-0.2, -0.15) is 0 Å². The van der Waals surface area contributed by atoms with Gasteiger partial charge in [-0.3, -0.25) is 4.79 Å². The van der Waals surface area contributed by atoms with Crippen molar-refractivity contribution in [1.82, 2.24) is 0 Å². The number of carbonyl (C=O) groups excluding carboxylic acids is 1. The van der Waals surface area contributed by atoms with Gasteiger partial charge in [-0.15, -0.1) is 0 Å². The number of allylic oxidation sites excluding steroid dienone is 6. The maximum absolute atomic E-state index is 11.7. The molecule has 0 aromatic rings. The molecular formula is C17H26O. The van der Waals surface area contributed by atoms with Gasteiger partial charge in [0, 0.05) is 5.92 Å². The summed E-state index contributed by atoms with van der Waals surface area (Å²) in [6, 6.07) is 0. The quantitative estimate of drug-likeness (QED) is 0.595. The Bertz CT molecular complexity index is 382. The number of Topliss-reactive ketones (excluding diaryl/α,β-unsaturated/α-hetero) is 1. The van der Waals surface area contributed by atoms with Crippen molar-refractivity contribution in [2.24, 2.45) is 5.92 Å². The predicted molar refractivity (Wildman–Crippen MR) is 78.5 cm³/mol. The van der Waals surface area contributed by atoms with Crippen LogP contribution in [0.4, 0.5) is 0 Å². The Hall–Kier alpha value is -1.11. The van der Waals surface area contributed by atoms with Crippen LogP contribution in [0.5, 0.6) is 0 Å². The van der Waals surface area contributed by atoms with Gasteiger partial charge in [0.2, 0.25) is 0 Å². The van der Waals surface area contributed by atoms with Gasteiger partial charge in [0.05, 0.1) is 0 Å². The van der Waals surface area contributed by atoms with Crippen molar-refractivity contribution in [2.75, 3.05) is 0 Å². The molecule has 0 fully saturated rings. The number of hydrogen-bond donors (Lipinski definition) is 0. The molecule has 1 unspecified atom stereocenters. The molecule has 0 heterocycles. The minimum Gasteiger partial charge on any atom is -0.299 e. The van der Waals surface area contributed by atoms with Crippen LogP contribution in [-0.2, 0) is 4.79 Å². The topological polar surface area (TPSA) is 17.1 Å². The SMILES string of the molecule is CC(=O)C1CC=C(C)CCCC(C)=CCC=C1C. The molecule has 0 aliphatic heterocycles. The summed E-state index contributed by atoms with van der Waals surface area (Å²) in [7, 11) is 0. The summed E-state index contributed by atoms with van der Waals surface area (Å²) in [6.45, 7) is 8.18. The van der Waals surface area contributed by atoms with E-state index in [1.807, 2.05) is 0 Å². The summed E-state index contributed by atoms with van der Waals surface area (Å²) in [6.07, 6.45) is 12.1. The fourth-order valence-corrected chi connectivity index (χ4v) is 2.43. The van der Waals surface area contributed by atoms with Gasteiger partial charge in [-0.1, -0.05) is 34.9 Å². The molecule has 1 aliphatic rings. The first-order chi connectivity index (χ1) is 8.50. The Labute approximate surface area is 112 Å². The Kier molecular flexibility index (Phi) is 6.11. The summed E-state index contributed by atoms with van der Waals surface area (Å²) in [5, 5.41) is 0. The largest absolute Gasteiger partial charge is 0.299 e. The minimum absolute atomic E-state index is 0.0769. The first-order valence-corrected chi connectivity index (χ1v) is 6.99. The van der Waals surface area contributed by atoms with E-state index in [1.54, 1.807) is 6.92 Å². The third-order valence-corrected chi connectivity index (χ3v) is 3.79. The molecule has 0 saturated heterocycles. The van der Waals surface area contributed by atoms with Crippen molar-refractivity contribution in [3.8, 4) is 0 Å². The van der Waals surface area contributed by atoms with Gasteiger partial charge in [0.25, 0.3) is 0 Å². The average Bonchev–Trinajstić information content (AvgIpc) is 2.27. The second kappa shape index (κ2) is 7.35. The summed E-state index contributed by atoms with van der Waals surface area (Å²) in [4.78, 5) is 11.7. The zero-order valence-corrected chi connectivity index (χ0v) is 12.3. The standard InChI is InChI=1S/C17H26O/c1-13-7-5-8-14(2)11-12-17(16(4)18)15(3)10-6-9-13/h9-11,17H,5-8,12H2,1-4H3. The van der Waals surface area contributed by atoms with Crippen LogP contribution in [0.3, 0.4) is 0 Å². The first kappa shape index (κ1) is 14.9. The highest BCUT2D eigenvalue weighted by Crippen LogP contribution is 2.21. The van der Waals surface area contributed by atoms with E-state index in [1.165, 1.54) is 29.6 Å². The van der Waals surface area contributed by atoms with Crippen molar-refractivity contribution in [2.45, 2.75) is 59.8 Å². The van der Waals surface area contributed by atoms with Crippen LogP contribution in [0.2, 0.25) is 0 Å². The fourth-order valence-electron chi connectivity index (χ4n) is 2.43. The van der Waals surface area contributed by atoms with Crippen LogP contribution in [0, 0.1) is 5.92 Å². The Balaban J connectivity index is 2.91. The van der Waals surface area contributed by atoms with Crippen LogP contribution >= 0.6 is 0 Å². The van der Waals surface area contributed by atoms with E-state index in [4.69, 9.17) is 0 Å². The molecule has 1 heteroatoms. The summed E-state index contributed by atoms with van der Waals surface area (Å²) in [5.74, 6) is 0.360. The normalized spacial score (nSPS) is 23.1. The highest BCUT2D eigenvalue weighted by Gasteiger charge is 2.14. The molecule has 0 aromatic carbocycles. The zero-order chi connectivity index (χ0) is 13.5. The molecule has 0 saturated carbocycles. The molecule has 1 atom stereocenters. The molecule has 0 aromatic heterocycles. The number of carbonyl (C=O) groups is 1. The lowest BCUT2D eigenvalue weighted by Gasteiger charge is -2.14. The van der Waals surface area contributed by atoms with E-state index in [0.717, 1.165) is 19.3 Å². The van der Waals surface area contributed by atoms with E-state index in [0.29, 0.717) is 0 Å². The maximum atomic E-state index is 11.7. The Morgan fingerprint density at radius 2 is 1.67 bits per heavy atom. The predicted octanol–water partition coefficient (Wildman–Crippen LogP) is 4.99. The van der Waals surface area contributed by atoms with Gasteiger partial charge in [0.1, 0.15) is 5.78 Å². The molecule has 18 heavy (non-hydrogen) atoms. The molecule has 100 valence electrons. The fraction of sp³-hybridized carbons (Fsp3) is 0.588. The van der Waals surface area contributed by atoms with Gasteiger partial charge < -0.3 is 0 Å². The first-order valence-electron chi connectivity index (χ1n) is 6.99. The van der Waals surface area contributed by atoms with Crippen molar-refractivity contribution >= 4 is 5.78 Å². The van der Waals surface area contributed by atoms with Crippen molar-refractivity contribution < 1.29 is 4.79 Å². The van der Waals surface area contributed by atoms with Crippen LogP contribution in [0.1, 0.15) is 59.8 Å². The van der Waals surface area contributed by atoms with E-state index < -0.39 is 0 Å². The second-order valence-electron chi connectivity index (χ2n) is 5.54. The second-order valence-corrected chi connectivity index (χ2v) is 5.54. The molecule has 0 bridgehead atoms. The monoisotopic (exact) mass is 246 g/mol. The van der Waals surface area contributed by atoms with Gasteiger partial charge in [-0.25, -0.2) is 0 Å². The molecule has 0 radical (unpaired) electrons. The average molecular weight is 246 g/mol. The van der Waals surface area contributed by atoms with Crippen molar-refractivity contribution in [3.05, 3.63) is 34.9 Å². The van der Waals surface area contributed by atoms with Gasteiger partial charge in [0.15, 0.2) is 0 Å². The smallest absolute Gasteiger partial charge is 0.137 e. The third kappa shape index (κ3) is 5.03. The lowest BCUT2D eigenvalue weighted by atomic mass is 9.90. The Morgan fingerprint density at radius 3 is 2.28 bits per heavy atom. The highest BCUT2D eigenvalue weighted by molar-refractivity contribution is 5.81. The Morgan fingerprint density at radius 1 is 1.06 bits per heavy atom. The summed E-state index contributed by atoms with van der Waals surface area (Å²) < 4.78 is 0. The molecule has 0 N–H and O–H groups in total. The van der Waals surface area contributed by atoms with Crippen LogP contribution < -0.4 is 0 Å². The molecule has 1 rings (SSSR count). The van der Waals surface area contributed by atoms with Gasteiger partial charge in [-0.05, 0) is 59.8 Å². The van der Waals surface area contributed by atoms with Crippen molar-refractivity contribution in [1.29, 1.82) is 0 Å². The van der Waals surface area contributed by atoms with Gasteiger partial charge >= 0.3 is 0 Å². The molecule has 0 spiro atoms.